The van der Waals surface area contributed by atoms with Gasteiger partial charge >= 0.3 is 0 Å². The summed E-state index contributed by atoms with van der Waals surface area (Å²) >= 11 is 0. The molecule has 1 heterocycles. The zero-order valence-electron chi connectivity index (χ0n) is 11.0. The first-order valence-corrected chi connectivity index (χ1v) is 6.19. The molecule has 1 aliphatic heterocycles. The van der Waals surface area contributed by atoms with Gasteiger partial charge in [-0.15, -0.1) is 0 Å². The van der Waals surface area contributed by atoms with Gasteiger partial charge < -0.3 is 14.9 Å². The highest BCUT2D eigenvalue weighted by Crippen LogP contribution is 2.33. The Labute approximate surface area is 104 Å². The second-order valence-corrected chi connectivity index (χ2v) is 5.65. The maximum atomic E-state index is 9.39. The molecular formula is C14H22N2O. The Bertz CT molecular complexity index is 390. The van der Waals surface area contributed by atoms with Crippen LogP contribution in [0.3, 0.4) is 0 Å². The number of nitrogens with zero attached hydrogens (tertiary/aromatic N) is 2. The van der Waals surface area contributed by atoms with Gasteiger partial charge in [-0.1, -0.05) is 26.0 Å². The first kappa shape index (κ1) is 12.2. The van der Waals surface area contributed by atoms with Crippen molar-refractivity contribution in [2.45, 2.75) is 13.8 Å². The Morgan fingerprint density at radius 2 is 1.82 bits per heavy atom. The lowest BCUT2D eigenvalue weighted by molar-refractivity contribution is 0.164. The molecule has 0 fully saturated rings. The molecule has 0 radical (unpaired) electrons. The molecule has 0 spiro atoms. The molecule has 0 amide bonds. The minimum absolute atomic E-state index is 0.0526. The molecule has 0 saturated heterocycles. The van der Waals surface area contributed by atoms with Gasteiger partial charge in [-0.3, -0.25) is 0 Å². The van der Waals surface area contributed by atoms with E-state index in [0.29, 0.717) is 0 Å². The van der Waals surface area contributed by atoms with Crippen molar-refractivity contribution >= 4 is 11.4 Å². The summed E-state index contributed by atoms with van der Waals surface area (Å²) in [4.78, 5) is 4.67. The molecule has 0 bridgehead atoms. The van der Waals surface area contributed by atoms with Gasteiger partial charge in [-0.25, -0.2) is 0 Å². The molecule has 3 heteroatoms. The molecule has 0 aromatic heterocycles. The molecule has 0 saturated carbocycles. The van der Waals surface area contributed by atoms with E-state index < -0.39 is 0 Å². The van der Waals surface area contributed by atoms with Gasteiger partial charge in [0.05, 0.1) is 11.4 Å². The van der Waals surface area contributed by atoms with E-state index in [1.807, 2.05) is 0 Å². The Hall–Kier alpha value is -1.22. The summed E-state index contributed by atoms with van der Waals surface area (Å²) in [5.41, 5.74) is 2.51. The maximum Gasteiger partial charge on any atom is 0.0604 e. The topological polar surface area (TPSA) is 26.7 Å². The monoisotopic (exact) mass is 234 g/mol. The zero-order valence-corrected chi connectivity index (χ0v) is 11.0. The van der Waals surface area contributed by atoms with Gasteiger partial charge in [0, 0.05) is 38.7 Å². The van der Waals surface area contributed by atoms with Crippen LogP contribution in [0.4, 0.5) is 11.4 Å². The number of benzene rings is 1. The van der Waals surface area contributed by atoms with Gasteiger partial charge in [0.15, 0.2) is 0 Å². The fraction of sp³-hybridized carbons (Fsp3) is 0.571. The quantitative estimate of drug-likeness (QED) is 0.866. The molecule has 3 nitrogen and oxygen atoms in total. The van der Waals surface area contributed by atoms with E-state index in [1.165, 1.54) is 11.4 Å². The Kier molecular flexibility index (Phi) is 3.29. The predicted molar refractivity (Wildman–Crippen MR) is 72.8 cm³/mol. The summed E-state index contributed by atoms with van der Waals surface area (Å²) in [5.74, 6) is 0. The van der Waals surface area contributed by atoms with Crippen molar-refractivity contribution < 1.29 is 5.11 Å². The van der Waals surface area contributed by atoms with Crippen molar-refractivity contribution in [2.24, 2.45) is 5.41 Å². The molecule has 17 heavy (non-hydrogen) atoms. The third-order valence-corrected chi connectivity index (χ3v) is 3.39. The minimum Gasteiger partial charge on any atom is -0.396 e. The molecule has 1 aliphatic rings. The van der Waals surface area contributed by atoms with E-state index in [0.717, 1.165) is 19.6 Å². The van der Waals surface area contributed by atoms with Gasteiger partial charge in [-0.05, 0) is 12.1 Å². The second-order valence-electron chi connectivity index (χ2n) is 5.65. The lowest BCUT2D eigenvalue weighted by atomic mass is 9.93. The first-order valence-electron chi connectivity index (χ1n) is 6.19. The lowest BCUT2D eigenvalue weighted by Crippen LogP contribution is -2.44. The van der Waals surface area contributed by atoms with Crippen LogP contribution in [0.25, 0.3) is 0 Å². The van der Waals surface area contributed by atoms with Crippen molar-refractivity contribution in [1.29, 1.82) is 0 Å². The predicted octanol–water partition coefficient (Wildman–Crippen LogP) is 1.96. The maximum absolute atomic E-state index is 9.39. The van der Waals surface area contributed by atoms with E-state index in [1.54, 1.807) is 0 Å². The molecule has 2 rings (SSSR count). The van der Waals surface area contributed by atoms with Crippen molar-refractivity contribution in [2.75, 3.05) is 43.1 Å². The molecule has 94 valence electrons. The van der Waals surface area contributed by atoms with Crippen LogP contribution in [-0.2, 0) is 0 Å². The highest BCUT2D eigenvalue weighted by molar-refractivity contribution is 5.73. The smallest absolute Gasteiger partial charge is 0.0604 e. The number of hydrogen-bond donors (Lipinski definition) is 1. The summed E-state index contributed by atoms with van der Waals surface area (Å²) in [6.07, 6.45) is 0. The molecule has 0 unspecified atom stereocenters. The number of likely N-dealkylation sites (N-methyl/N-ethyl adjacent to an activating group) is 1. The molecule has 0 atom stereocenters. The van der Waals surface area contributed by atoms with E-state index >= 15 is 0 Å². The van der Waals surface area contributed by atoms with Crippen LogP contribution >= 0.6 is 0 Å². The van der Waals surface area contributed by atoms with Crippen molar-refractivity contribution in [1.82, 2.24) is 0 Å². The van der Waals surface area contributed by atoms with Gasteiger partial charge in [0.1, 0.15) is 0 Å². The number of fused-ring (bicyclic) bond motifs is 1. The van der Waals surface area contributed by atoms with Crippen molar-refractivity contribution in [3.8, 4) is 0 Å². The van der Waals surface area contributed by atoms with E-state index in [-0.39, 0.29) is 12.0 Å². The molecule has 0 aliphatic carbocycles. The number of rotatable bonds is 3. The Morgan fingerprint density at radius 1 is 1.18 bits per heavy atom. The van der Waals surface area contributed by atoms with Crippen molar-refractivity contribution in [3.63, 3.8) is 0 Å². The van der Waals surface area contributed by atoms with Crippen LogP contribution in [0.15, 0.2) is 24.3 Å². The Balaban J connectivity index is 2.24. The van der Waals surface area contributed by atoms with Crippen LogP contribution in [0.1, 0.15) is 13.8 Å². The van der Waals surface area contributed by atoms with Crippen LogP contribution in [0.2, 0.25) is 0 Å². The normalized spacial score (nSPS) is 16.0. The van der Waals surface area contributed by atoms with Crippen LogP contribution in [-0.4, -0.2) is 38.4 Å². The van der Waals surface area contributed by atoms with E-state index in [9.17, 15) is 5.11 Å². The standard InChI is InChI=1S/C14H22N2O/c1-14(2,11-17)10-16-9-8-15(3)12-6-4-5-7-13(12)16/h4-7,17H,8-11H2,1-3H3. The molecule has 1 N–H and O–H groups in total. The average Bonchev–Trinajstić information content (AvgIpc) is 2.33. The van der Waals surface area contributed by atoms with Gasteiger partial charge in [0.25, 0.3) is 0 Å². The SMILES string of the molecule is CN1CCN(CC(C)(C)CO)c2ccccc21. The largest absolute Gasteiger partial charge is 0.396 e. The number of para-hydroxylation sites is 2. The van der Waals surface area contributed by atoms with Crippen LogP contribution < -0.4 is 9.80 Å². The number of aliphatic hydroxyl groups excluding tert-OH is 1. The fourth-order valence-electron chi connectivity index (χ4n) is 2.30. The number of aliphatic hydroxyl groups is 1. The third-order valence-electron chi connectivity index (χ3n) is 3.39. The minimum atomic E-state index is -0.0526. The lowest BCUT2D eigenvalue weighted by Gasteiger charge is -2.40. The molecule has 1 aromatic rings. The average molecular weight is 234 g/mol. The summed E-state index contributed by atoms with van der Waals surface area (Å²) < 4.78 is 0. The fourth-order valence-corrected chi connectivity index (χ4v) is 2.30. The highest BCUT2D eigenvalue weighted by Gasteiger charge is 2.25. The molecule has 1 aromatic carbocycles. The van der Waals surface area contributed by atoms with Gasteiger partial charge in [0.2, 0.25) is 0 Å². The van der Waals surface area contributed by atoms with Crippen molar-refractivity contribution in [3.05, 3.63) is 24.3 Å². The first-order chi connectivity index (χ1) is 8.03. The van der Waals surface area contributed by atoms with Crippen LogP contribution in [0, 0.1) is 5.41 Å². The third kappa shape index (κ3) is 2.55. The highest BCUT2D eigenvalue weighted by atomic mass is 16.3. The zero-order chi connectivity index (χ0) is 12.5. The summed E-state index contributed by atoms with van der Waals surface area (Å²) in [6, 6.07) is 8.48. The van der Waals surface area contributed by atoms with E-state index in [2.05, 4.69) is 55.0 Å². The Morgan fingerprint density at radius 3 is 2.47 bits per heavy atom. The van der Waals surface area contributed by atoms with Gasteiger partial charge in [-0.2, -0.15) is 0 Å². The number of anilines is 2. The number of hydrogen-bond acceptors (Lipinski definition) is 3. The summed E-state index contributed by atoms with van der Waals surface area (Å²) in [5, 5.41) is 9.39. The summed E-state index contributed by atoms with van der Waals surface area (Å²) in [7, 11) is 2.13. The van der Waals surface area contributed by atoms with E-state index in [4.69, 9.17) is 0 Å². The summed E-state index contributed by atoms with van der Waals surface area (Å²) in [6.45, 7) is 7.40. The second kappa shape index (κ2) is 4.57. The van der Waals surface area contributed by atoms with Crippen LogP contribution in [0.5, 0.6) is 0 Å². The molecular weight excluding hydrogens is 212 g/mol.